The Balaban J connectivity index is 1.93. The molecule has 0 saturated carbocycles. The Morgan fingerprint density at radius 1 is 1.25 bits per heavy atom. The quantitative estimate of drug-likeness (QED) is 0.579. The Labute approximate surface area is 100 Å². The lowest BCUT2D eigenvalue weighted by Crippen LogP contribution is -2.03. The Hall–Kier alpha value is -0.590. The van der Waals surface area contributed by atoms with Crippen molar-refractivity contribution in [3.8, 4) is 5.06 Å². The molecule has 0 unspecified atom stereocenters. The molecule has 0 fully saturated rings. The van der Waals surface area contributed by atoms with Crippen molar-refractivity contribution in [3.63, 3.8) is 0 Å². The van der Waals surface area contributed by atoms with Gasteiger partial charge in [-0.1, -0.05) is 12.8 Å². The van der Waals surface area contributed by atoms with E-state index < -0.39 is 10.1 Å². The minimum atomic E-state index is -3.78. The van der Waals surface area contributed by atoms with E-state index in [1.54, 1.807) is 11.3 Å². The van der Waals surface area contributed by atoms with Gasteiger partial charge in [0.1, 0.15) is 0 Å². The van der Waals surface area contributed by atoms with Crippen molar-refractivity contribution in [1.29, 1.82) is 0 Å². The summed E-state index contributed by atoms with van der Waals surface area (Å²) in [6.45, 7) is 0.659. The minimum Gasteiger partial charge on any atom is -0.484 e. The van der Waals surface area contributed by atoms with Crippen LogP contribution >= 0.6 is 11.3 Å². The maximum absolute atomic E-state index is 10.4. The van der Waals surface area contributed by atoms with E-state index in [4.69, 9.17) is 9.29 Å². The van der Waals surface area contributed by atoms with Crippen molar-refractivity contribution in [2.45, 2.75) is 25.7 Å². The lowest BCUT2D eigenvalue weighted by Gasteiger charge is -2.02. The van der Waals surface area contributed by atoms with Gasteiger partial charge in [0.05, 0.1) is 12.4 Å². The van der Waals surface area contributed by atoms with Crippen LogP contribution in [0.4, 0.5) is 0 Å². The maximum atomic E-state index is 10.4. The van der Waals surface area contributed by atoms with Crippen molar-refractivity contribution >= 4 is 21.5 Å². The number of hydrogen-bond acceptors (Lipinski definition) is 4. The molecule has 0 aliphatic heterocycles. The Morgan fingerprint density at radius 3 is 2.62 bits per heavy atom. The highest BCUT2D eigenvalue weighted by atomic mass is 32.2. The molecule has 16 heavy (non-hydrogen) atoms. The lowest BCUT2D eigenvalue weighted by molar-refractivity contribution is 0.313. The van der Waals surface area contributed by atoms with Gasteiger partial charge in [-0.3, -0.25) is 4.55 Å². The summed E-state index contributed by atoms with van der Waals surface area (Å²) in [6, 6.07) is 3.86. The molecular weight excluding hydrogens is 248 g/mol. The van der Waals surface area contributed by atoms with E-state index in [0.29, 0.717) is 13.0 Å². The van der Waals surface area contributed by atoms with E-state index in [2.05, 4.69) is 0 Å². The first-order chi connectivity index (χ1) is 7.58. The molecule has 6 heteroatoms. The summed E-state index contributed by atoms with van der Waals surface area (Å²) < 4.78 is 34.8. The van der Waals surface area contributed by atoms with Gasteiger partial charge >= 0.3 is 0 Å². The van der Waals surface area contributed by atoms with Crippen LogP contribution in [0.5, 0.6) is 5.06 Å². The molecule has 0 bridgehead atoms. The molecule has 1 rings (SSSR count). The topological polar surface area (TPSA) is 63.6 Å². The van der Waals surface area contributed by atoms with Gasteiger partial charge in [-0.15, -0.1) is 11.3 Å². The van der Waals surface area contributed by atoms with Crippen molar-refractivity contribution < 1.29 is 17.7 Å². The molecule has 0 aliphatic rings. The maximum Gasteiger partial charge on any atom is 0.264 e. The monoisotopic (exact) mass is 264 g/mol. The first-order valence-corrected chi connectivity index (χ1v) is 7.68. The van der Waals surface area contributed by atoms with E-state index in [1.165, 1.54) is 0 Å². The molecule has 1 aromatic rings. The Bertz CT molecular complexity index is 370. The first kappa shape index (κ1) is 13.5. The van der Waals surface area contributed by atoms with Crippen LogP contribution < -0.4 is 4.74 Å². The molecule has 0 spiro atoms. The van der Waals surface area contributed by atoms with Crippen LogP contribution in [0.1, 0.15) is 25.7 Å². The zero-order valence-corrected chi connectivity index (χ0v) is 10.6. The fourth-order valence-electron chi connectivity index (χ4n) is 1.26. The predicted molar refractivity (Wildman–Crippen MR) is 64.7 cm³/mol. The van der Waals surface area contributed by atoms with E-state index in [9.17, 15) is 8.42 Å². The fourth-order valence-corrected chi connectivity index (χ4v) is 2.43. The highest BCUT2D eigenvalue weighted by molar-refractivity contribution is 7.85. The number of unbranched alkanes of at least 4 members (excludes halogenated alkanes) is 3. The summed E-state index contributed by atoms with van der Waals surface area (Å²) in [7, 11) is -3.78. The largest absolute Gasteiger partial charge is 0.484 e. The molecule has 0 aliphatic carbocycles. The second-order valence-electron chi connectivity index (χ2n) is 3.48. The zero-order chi connectivity index (χ0) is 11.9. The summed E-state index contributed by atoms with van der Waals surface area (Å²) in [4.78, 5) is 0. The molecule has 1 heterocycles. The number of rotatable bonds is 8. The summed E-state index contributed by atoms with van der Waals surface area (Å²) in [5.74, 6) is -0.140. The first-order valence-electron chi connectivity index (χ1n) is 5.19. The van der Waals surface area contributed by atoms with Gasteiger partial charge in [-0.2, -0.15) is 8.42 Å². The summed E-state index contributed by atoms with van der Waals surface area (Å²) in [5, 5.41) is 2.87. The SMILES string of the molecule is O=S(=O)(O)CCCCCCOc1cccs1. The van der Waals surface area contributed by atoms with Crippen LogP contribution in [-0.2, 0) is 10.1 Å². The predicted octanol–water partition coefficient (Wildman–Crippen LogP) is 2.58. The molecule has 92 valence electrons. The van der Waals surface area contributed by atoms with Gasteiger partial charge < -0.3 is 4.74 Å². The number of hydrogen-bond donors (Lipinski definition) is 1. The lowest BCUT2D eigenvalue weighted by atomic mass is 10.2. The van der Waals surface area contributed by atoms with Crippen molar-refractivity contribution in [2.75, 3.05) is 12.4 Å². The fraction of sp³-hybridized carbons (Fsp3) is 0.600. The van der Waals surface area contributed by atoms with Crippen LogP contribution in [0.25, 0.3) is 0 Å². The standard InChI is InChI=1S/C10H16O4S2/c11-16(12,13)9-4-2-1-3-7-14-10-6-5-8-15-10/h5-6,8H,1-4,7,9H2,(H,11,12,13). The smallest absolute Gasteiger partial charge is 0.264 e. The third-order valence-electron chi connectivity index (χ3n) is 2.04. The highest BCUT2D eigenvalue weighted by Crippen LogP contribution is 2.18. The van der Waals surface area contributed by atoms with Gasteiger partial charge in [-0.25, -0.2) is 0 Å². The van der Waals surface area contributed by atoms with E-state index >= 15 is 0 Å². The number of ether oxygens (including phenoxy) is 1. The molecule has 1 N–H and O–H groups in total. The van der Waals surface area contributed by atoms with Crippen LogP contribution in [0.2, 0.25) is 0 Å². The summed E-state index contributed by atoms with van der Waals surface area (Å²) >= 11 is 1.56. The van der Waals surface area contributed by atoms with E-state index in [0.717, 1.165) is 24.3 Å². The summed E-state index contributed by atoms with van der Waals surface area (Å²) in [6.07, 6.45) is 3.13. The van der Waals surface area contributed by atoms with Crippen LogP contribution in [0, 0.1) is 0 Å². The second kappa shape index (κ2) is 6.88. The van der Waals surface area contributed by atoms with Crippen LogP contribution in [0.3, 0.4) is 0 Å². The third kappa shape index (κ3) is 6.81. The highest BCUT2D eigenvalue weighted by Gasteiger charge is 2.02. The molecule has 0 amide bonds. The van der Waals surface area contributed by atoms with Crippen molar-refractivity contribution in [1.82, 2.24) is 0 Å². The van der Waals surface area contributed by atoms with Crippen molar-refractivity contribution in [2.24, 2.45) is 0 Å². The second-order valence-corrected chi connectivity index (χ2v) is 5.96. The molecular formula is C10H16O4S2. The van der Waals surface area contributed by atoms with Crippen LogP contribution in [0.15, 0.2) is 17.5 Å². The normalized spacial score (nSPS) is 11.6. The molecule has 1 aromatic heterocycles. The third-order valence-corrected chi connectivity index (χ3v) is 3.62. The molecule has 4 nitrogen and oxygen atoms in total. The minimum absolute atomic E-state index is 0.140. The Kier molecular flexibility index (Phi) is 5.79. The average molecular weight is 264 g/mol. The van der Waals surface area contributed by atoms with Gasteiger partial charge in [0, 0.05) is 0 Å². The van der Waals surface area contributed by atoms with E-state index in [-0.39, 0.29) is 5.75 Å². The average Bonchev–Trinajstić information content (AvgIpc) is 2.67. The molecule has 0 aromatic carbocycles. The Morgan fingerprint density at radius 2 is 2.00 bits per heavy atom. The van der Waals surface area contributed by atoms with Crippen LogP contribution in [-0.4, -0.2) is 25.3 Å². The van der Waals surface area contributed by atoms with Crippen molar-refractivity contribution in [3.05, 3.63) is 17.5 Å². The zero-order valence-electron chi connectivity index (χ0n) is 8.96. The molecule has 0 atom stereocenters. The molecule has 0 saturated heterocycles. The van der Waals surface area contributed by atoms with Gasteiger partial charge in [-0.05, 0) is 30.4 Å². The van der Waals surface area contributed by atoms with Gasteiger partial charge in [0.25, 0.3) is 10.1 Å². The van der Waals surface area contributed by atoms with Gasteiger partial charge in [0.15, 0.2) is 5.06 Å². The summed E-state index contributed by atoms with van der Waals surface area (Å²) in [5.41, 5.74) is 0. The van der Waals surface area contributed by atoms with Gasteiger partial charge in [0.2, 0.25) is 0 Å². The van der Waals surface area contributed by atoms with E-state index in [1.807, 2.05) is 17.5 Å². The number of thiophene rings is 1. The molecule has 0 radical (unpaired) electrons.